The lowest BCUT2D eigenvalue weighted by Gasteiger charge is -2.37. The Morgan fingerprint density at radius 2 is 2.06 bits per heavy atom. The molecule has 1 amide bonds. The van der Waals surface area contributed by atoms with E-state index in [9.17, 15) is 14.3 Å². The van der Waals surface area contributed by atoms with Crippen LogP contribution in [0, 0.1) is 23.7 Å². The Hall–Kier alpha value is -2.88. The Kier molecular flexibility index (Phi) is 7.70. The zero-order valence-electron chi connectivity index (χ0n) is 19.7. The molecule has 10 nitrogen and oxygen atoms in total. The SMILES string of the molecule is CCc1nn2c(C)cc(N3CCN(C(=O)[C@@H](O)CO)CC3)cc2c1N(C)C(=N)SC(C)(F)C#N. The summed E-state index contributed by atoms with van der Waals surface area (Å²) in [7, 11) is 1.66. The number of hydrogen-bond donors (Lipinski definition) is 3. The van der Waals surface area contributed by atoms with Crippen LogP contribution in [0.1, 0.15) is 25.2 Å². The molecule has 2 aromatic heterocycles. The number of carbonyl (C=O) groups excluding carboxylic acids is 1. The molecule has 3 heterocycles. The van der Waals surface area contributed by atoms with Crippen molar-refractivity contribution in [1.82, 2.24) is 14.5 Å². The Bertz CT molecular complexity index is 1120. The van der Waals surface area contributed by atoms with E-state index in [-0.39, 0.29) is 5.17 Å². The number of nitrogens with zero attached hydrogens (tertiary/aromatic N) is 6. The van der Waals surface area contributed by atoms with Crippen LogP contribution in [0.3, 0.4) is 0 Å². The summed E-state index contributed by atoms with van der Waals surface area (Å²) in [6.45, 7) is 6.34. The highest BCUT2D eigenvalue weighted by Gasteiger charge is 2.30. The van der Waals surface area contributed by atoms with Crippen molar-refractivity contribution in [3.05, 3.63) is 23.5 Å². The average molecular weight is 492 g/mol. The van der Waals surface area contributed by atoms with Crippen LogP contribution < -0.4 is 9.80 Å². The number of halogens is 1. The van der Waals surface area contributed by atoms with E-state index >= 15 is 0 Å². The molecule has 3 rings (SSSR count). The van der Waals surface area contributed by atoms with Crippen LogP contribution in [0.5, 0.6) is 0 Å². The maximum absolute atomic E-state index is 14.2. The lowest BCUT2D eigenvalue weighted by Crippen LogP contribution is -2.52. The van der Waals surface area contributed by atoms with E-state index in [4.69, 9.17) is 15.8 Å². The fourth-order valence-corrected chi connectivity index (χ4v) is 4.60. The predicted molar refractivity (Wildman–Crippen MR) is 130 cm³/mol. The quantitative estimate of drug-likeness (QED) is 0.409. The number of fused-ring (bicyclic) bond motifs is 1. The van der Waals surface area contributed by atoms with Crippen molar-refractivity contribution in [2.45, 2.75) is 38.3 Å². The smallest absolute Gasteiger partial charge is 0.253 e. The molecule has 184 valence electrons. The molecule has 2 aromatic rings. The van der Waals surface area contributed by atoms with Crippen molar-refractivity contribution >= 4 is 39.7 Å². The van der Waals surface area contributed by atoms with E-state index < -0.39 is 23.6 Å². The first-order valence-corrected chi connectivity index (χ1v) is 11.8. The number of nitriles is 1. The van der Waals surface area contributed by atoms with Crippen molar-refractivity contribution in [3.8, 4) is 6.07 Å². The summed E-state index contributed by atoms with van der Waals surface area (Å²) in [5.74, 6) is -0.477. The van der Waals surface area contributed by atoms with Crippen LogP contribution in [-0.4, -0.2) is 86.7 Å². The van der Waals surface area contributed by atoms with Gasteiger partial charge in [-0.1, -0.05) is 6.92 Å². The van der Waals surface area contributed by atoms with E-state index in [0.29, 0.717) is 50.0 Å². The summed E-state index contributed by atoms with van der Waals surface area (Å²) in [4.78, 5) is 17.4. The number of alkyl halides is 1. The molecule has 1 aliphatic rings. The number of aromatic nitrogens is 2. The number of aryl methyl sites for hydroxylation is 2. The zero-order chi connectivity index (χ0) is 25.2. The lowest BCUT2D eigenvalue weighted by atomic mass is 10.2. The highest BCUT2D eigenvalue weighted by molar-refractivity contribution is 8.15. The summed E-state index contributed by atoms with van der Waals surface area (Å²) in [6.07, 6.45) is -0.796. The van der Waals surface area contributed by atoms with E-state index in [0.717, 1.165) is 29.5 Å². The molecule has 1 fully saturated rings. The first-order valence-electron chi connectivity index (χ1n) is 11.0. The Labute approximate surface area is 202 Å². The summed E-state index contributed by atoms with van der Waals surface area (Å²) < 4.78 is 16.0. The minimum absolute atomic E-state index is 0.103. The molecule has 1 unspecified atom stereocenters. The van der Waals surface area contributed by atoms with Crippen LogP contribution in [-0.2, 0) is 11.2 Å². The lowest BCUT2D eigenvalue weighted by molar-refractivity contribution is -0.142. The monoisotopic (exact) mass is 491 g/mol. The maximum atomic E-state index is 14.2. The highest BCUT2D eigenvalue weighted by Crippen LogP contribution is 2.35. The average Bonchev–Trinajstić information content (AvgIpc) is 3.21. The third-order valence-corrected chi connectivity index (χ3v) is 6.76. The number of aliphatic hydroxyl groups excluding tert-OH is 2. The van der Waals surface area contributed by atoms with Gasteiger partial charge in [0.2, 0.25) is 5.00 Å². The maximum Gasteiger partial charge on any atom is 0.253 e. The van der Waals surface area contributed by atoms with Gasteiger partial charge in [-0.05, 0) is 44.2 Å². The van der Waals surface area contributed by atoms with E-state index in [1.54, 1.807) is 22.5 Å². The Balaban J connectivity index is 1.92. The topological polar surface area (TPSA) is 132 Å². The molecule has 0 saturated carbocycles. The van der Waals surface area contributed by atoms with Crippen LogP contribution in [0.25, 0.3) is 5.52 Å². The number of pyridine rings is 1. The van der Waals surface area contributed by atoms with Crippen LogP contribution in [0.4, 0.5) is 15.8 Å². The fraction of sp³-hybridized carbons (Fsp3) is 0.545. The van der Waals surface area contributed by atoms with Gasteiger partial charge in [0.05, 0.1) is 23.5 Å². The first-order chi connectivity index (χ1) is 16.0. The molecule has 1 saturated heterocycles. The summed E-state index contributed by atoms with van der Waals surface area (Å²) >= 11 is 0.538. The largest absolute Gasteiger partial charge is 0.393 e. The molecular formula is C22H30FN7O3S. The fourth-order valence-electron chi connectivity index (χ4n) is 3.96. The highest BCUT2D eigenvalue weighted by atomic mass is 32.2. The summed E-state index contributed by atoms with van der Waals surface area (Å²) in [5, 5.41) is 38.4. The van der Waals surface area contributed by atoms with Gasteiger partial charge in [-0.15, -0.1) is 0 Å². The van der Waals surface area contributed by atoms with Gasteiger partial charge in [0.1, 0.15) is 6.07 Å². The van der Waals surface area contributed by atoms with E-state index in [2.05, 4.69) is 10.00 Å². The van der Waals surface area contributed by atoms with Gasteiger partial charge in [-0.25, -0.2) is 8.91 Å². The summed E-state index contributed by atoms with van der Waals surface area (Å²) in [5.41, 5.74) is 3.98. The van der Waals surface area contributed by atoms with Gasteiger partial charge in [0.25, 0.3) is 5.91 Å². The number of nitrogens with one attached hydrogen (secondary N) is 1. The number of amidine groups is 1. The second-order valence-corrected chi connectivity index (χ2v) is 9.66. The number of anilines is 2. The molecule has 0 aliphatic carbocycles. The molecule has 34 heavy (non-hydrogen) atoms. The molecule has 1 aliphatic heterocycles. The van der Waals surface area contributed by atoms with Crippen molar-refractivity contribution in [2.24, 2.45) is 0 Å². The Morgan fingerprint density at radius 1 is 1.41 bits per heavy atom. The number of thioether (sulfide) groups is 1. The number of hydrogen-bond acceptors (Lipinski definition) is 8. The molecule has 12 heteroatoms. The number of rotatable bonds is 6. The third kappa shape index (κ3) is 5.11. The predicted octanol–water partition coefficient (Wildman–Crippen LogP) is 1.52. The van der Waals surface area contributed by atoms with Crippen LogP contribution in [0.15, 0.2) is 12.1 Å². The zero-order valence-corrected chi connectivity index (χ0v) is 20.6. The van der Waals surface area contributed by atoms with Gasteiger partial charge in [-0.2, -0.15) is 10.4 Å². The molecular weight excluding hydrogens is 461 g/mol. The van der Waals surface area contributed by atoms with Gasteiger partial charge in [-0.3, -0.25) is 10.2 Å². The standard InChI is InChI=1S/C22H30FN7O3S/c1-5-16-19(27(4)21(25)34-22(3,23)13-24)17-11-15(10-14(2)30(17)26-16)28-6-8-29(9-7-28)20(33)18(32)12-31/h10-11,18,25,31-32H,5-9,12H2,1-4H3/t18-,22?/m0/s1. The minimum Gasteiger partial charge on any atom is -0.393 e. The Morgan fingerprint density at radius 3 is 2.62 bits per heavy atom. The van der Waals surface area contributed by atoms with Crippen LogP contribution in [0.2, 0.25) is 0 Å². The number of carbonyl (C=O) groups is 1. The van der Waals surface area contributed by atoms with Crippen molar-refractivity contribution in [3.63, 3.8) is 0 Å². The van der Waals surface area contributed by atoms with Crippen molar-refractivity contribution in [2.75, 3.05) is 49.6 Å². The van der Waals surface area contributed by atoms with Gasteiger partial charge in [0, 0.05) is 44.6 Å². The second kappa shape index (κ2) is 10.2. The molecule has 0 bridgehead atoms. The molecule has 0 radical (unpaired) electrons. The number of amides is 1. The third-order valence-electron chi connectivity index (χ3n) is 5.82. The minimum atomic E-state index is -2.22. The van der Waals surface area contributed by atoms with E-state index in [1.807, 2.05) is 26.0 Å². The van der Waals surface area contributed by atoms with Crippen molar-refractivity contribution in [1.29, 1.82) is 10.7 Å². The molecule has 0 spiro atoms. The molecule has 3 N–H and O–H groups in total. The number of piperazine rings is 1. The number of aliphatic hydroxyl groups is 2. The molecule has 0 aromatic carbocycles. The normalized spacial score (nSPS) is 16.8. The van der Waals surface area contributed by atoms with Crippen molar-refractivity contribution < 1.29 is 19.4 Å². The van der Waals surface area contributed by atoms with E-state index in [1.165, 1.54) is 4.90 Å². The first kappa shape index (κ1) is 25.7. The van der Waals surface area contributed by atoms with Crippen LogP contribution >= 0.6 is 11.8 Å². The van der Waals surface area contributed by atoms with Gasteiger partial charge < -0.3 is 24.9 Å². The van der Waals surface area contributed by atoms with Gasteiger partial charge >= 0.3 is 0 Å². The van der Waals surface area contributed by atoms with Gasteiger partial charge in [0.15, 0.2) is 11.3 Å². The second-order valence-electron chi connectivity index (χ2n) is 8.31. The summed E-state index contributed by atoms with van der Waals surface area (Å²) in [6, 6.07) is 5.52. The molecule has 2 atom stereocenters.